The molecule has 0 unspecified atom stereocenters. The molecule has 17 heavy (non-hydrogen) atoms. The molecule has 1 aromatic rings. The molecular weight excluding hydrogens is 230 g/mol. The zero-order valence-corrected chi connectivity index (χ0v) is 11.5. The van der Waals surface area contributed by atoms with E-state index in [9.17, 15) is 0 Å². The van der Waals surface area contributed by atoms with Crippen molar-refractivity contribution in [1.82, 2.24) is 4.90 Å². The monoisotopic (exact) mass is 253 g/mol. The van der Waals surface area contributed by atoms with E-state index in [4.69, 9.17) is 5.11 Å². The standard InChI is InChI=1S/C14H23NOS/c1-2-17-12-6-9-15(10-11-16)13-14-7-4-3-5-8-14/h3-5,7-8,16H,2,6,9-13H2,1H3. The lowest BCUT2D eigenvalue weighted by atomic mass is 10.2. The first kappa shape index (κ1) is 14.6. The fourth-order valence-electron chi connectivity index (χ4n) is 1.79. The van der Waals surface area contributed by atoms with Crippen LogP contribution in [0.2, 0.25) is 0 Å². The molecule has 0 spiro atoms. The predicted molar refractivity (Wildman–Crippen MR) is 76.4 cm³/mol. The van der Waals surface area contributed by atoms with Crippen LogP contribution in [0.3, 0.4) is 0 Å². The lowest BCUT2D eigenvalue weighted by molar-refractivity contribution is 0.191. The number of rotatable bonds is 9. The number of aliphatic hydroxyl groups is 1. The van der Waals surface area contributed by atoms with Gasteiger partial charge >= 0.3 is 0 Å². The third-order valence-corrected chi connectivity index (χ3v) is 3.62. The van der Waals surface area contributed by atoms with Crippen molar-refractivity contribution in [3.05, 3.63) is 35.9 Å². The highest BCUT2D eigenvalue weighted by Crippen LogP contribution is 2.07. The van der Waals surface area contributed by atoms with Crippen LogP contribution in [0.5, 0.6) is 0 Å². The van der Waals surface area contributed by atoms with E-state index >= 15 is 0 Å². The first-order valence-electron chi connectivity index (χ1n) is 6.31. The van der Waals surface area contributed by atoms with Crippen molar-refractivity contribution in [2.24, 2.45) is 0 Å². The number of thioether (sulfide) groups is 1. The van der Waals surface area contributed by atoms with Crippen LogP contribution in [0.4, 0.5) is 0 Å². The maximum atomic E-state index is 9.07. The third-order valence-electron chi connectivity index (χ3n) is 2.63. The molecule has 0 heterocycles. The summed E-state index contributed by atoms with van der Waals surface area (Å²) in [4.78, 5) is 2.32. The minimum atomic E-state index is 0.244. The van der Waals surface area contributed by atoms with Crippen molar-refractivity contribution >= 4 is 11.8 Å². The largest absolute Gasteiger partial charge is 0.395 e. The van der Waals surface area contributed by atoms with Gasteiger partial charge in [0.25, 0.3) is 0 Å². The topological polar surface area (TPSA) is 23.5 Å². The van der Waals surface area contributed by atoms with Gasteiger partial charge in [0.05, 0.1) is 6.61 Å². The maximum absolute atomic E-state index is 9.07. The molecule has 0 amide bonds. The summed E-state index contributed by atoms with van der Waals surface area (Å²) in [5, 5.41) is 9.07. The fraction of sp³-hybridized carbons (Fsp3) is 0.571. The van der Waals surface area contributed by atoms with Crippen molar-refractivity contribution in [2.75, 3.05) is 31.2 Å². The first-order chi connectivity index (χ1) is 8.36. The first-order valence-corrected chi connectivity index (χ1v) is 7.47. The van der Waals surface area contributed by atoms with Crippen LogP contribution in [-0.2, 0) is 6.54 Å². The molecule has 0 fully saturated rings. The van der Waals surface area contributed by atoms with Gasteiger partial charge in [-0.2, -0.15) is 11.8 Å². The van der Waals surface area contributed by atoms with E-state index in [1.54, 1.807) is 0 Å². The molecule has 0 bridgehead atoms. The quantitative estimate of drug-likeness (QED) is 0.684. The van der Waals surface area contributed by atoms with E-state index in [1.165, 1.54) is 23.5 Å². The molecular formula is C14H23NOS. The van der Waals surface area contributed by atoms with Gasteiger partial charge < -0.3 is 5.11 Å². The molecule has 0 aliphatic heterocycles. The van der Waals surface area contributed by atoms with E-state index < -0.39 is 0 Å². The Bertz CT molecular complexity index is 279. The van der Waals surface area contributed by atoms with E-state index in [0.717, 1.165) is 19.6 Å². The number of hydrogen-bond donors (Lipinski definition) is 1. The highest BCUT2D eigenvalue weighted by molar-refractivity contribution is 7.99. The second-order valence-electron chi connectivity index (χ2n) is 4.04. The number of hydrogen-bond acceptors (Lipinski definition) is 3. The molecule has 1 aromatic carbocycles. The summed E-state index contributed by atoms with van der Waals surface area (Å²) in [6, 6.07) is 10.5. The molecule has 0 aliphatic rings. The second-order valence-corrected chi connectivity index (χ2v) is 5.43. The van der Waals surface area contributed by atoms with Crippen LogP contribution in [-0.4, -0.2) is 41.2 Å². The van der Waals surface area contributed by atoms with E-state index in [1.807, 2.05) is 17.8 Å². The zero-order valence-electron chi connectivity index (χ0n) is 10.6. The lowest BCUT2D eigenvalue weighted by Crippen LogP contribution is -2.27. The van der Waals surface area contributed by atoms with Crippen molar-refractivity contribution in [2.45, 2.75) is 19.9 Å². The Balaban J connectivity index is 2.32. The van der Waals surface area contributed by atoms with Gasteiger partial charge in [-0.15, -0.1) is 0 Å². The average molecular weight is 253 g/mol. The Labute approximate surface area is 109 Å². The van der Waals surface area contributed by atoms with Crippen LogP contribution in [0, 0.1) is 0 Å². The van der Waals surface area contributed by atoms with Crippen LogP contribution < -0.4 is 0 Å². The van der Waals surface area contributed by atoms with Gasteiger partial charge in [-0.1, -0.05) is 37.3 Å². The number of aliphatic hydroxyl groups excluding tert-OH is 1. The van der Waals surface area contributed by atoms with Crippen LogP contribution in [0.1, 0.15) is 18.9 Å². The van der Waals surface area contributed by atoms with Crippen molar-refractivity contribution in [1.29, 1.82) is 0 Å². The van der Waals surface area contributed by atoms with Crippen molar-refractivity contribution < 1.29 is 5.11 Å². The van der Waals surface area contributed by atoms with Gasteiger partial charge in [0.2, 0.25) is 0 Å². The molecule has 1 rings (SSSR count). The van der Waals surface area contributed by atoms with Gasteiger partial charge in [-0.25, -0.2) is 0 Å². The number of benzene rings is 1. The summed E-state index contributed by atoms with van der Waals surface area (Å²) in [6.07, 6.45) is 1.20. The maximum Gasteiger partial charge on any atom is 0.0558 e. The molecule has 1 N–H and O–H groups in total. The Morgan fingerprint density at radius 1 is 1.18 bits per heavy atom. The summed E-state index contributed by atoms with van der Waals surface area (Å²) in [5.41, 5.74) is 1.32. The number of nitrogens with zero attached hydrogens (tertiary/aromatic N) is 1. The fourth-order valence-corrected chi connectivity index (χ4v) is 2.41. The summed E-state index contributed by atoms with van der Waals surface area (Å²) >= 11 is 1.99. The second kappa shape index (κ2) is 9.51. The Morgan fingerprint density at radius 3 is 2.59 bits per heavy atom. The lowest BCUT2D eigenvalue weighted by Gasteiger charge is -2.21. The highest BCUT2D eigenvalue weighted by atomic mass is 32.2. The predicted octanol–water partition coefficient (Wildman–Crippen LogP) is 2.62. The van der Waals surface area contributed by atoms with E-state index in [-0.39, 0.29) is 6.61 Å². The SMILES string of the molecule is CCSCCCN(CCO)Cc1ccccc1. The third kappa shape index (κ3) is 6.71. The van der Waals surface area contributed by atoms with Gasteiger partial charge in [0, 0.05) is 13.1 Å². The van der Waals surface area contributed by atoms with Crippen LogP contribution >= 0.6 is 11.8 Å². The summed E-state index contributed by atoms with van der Waals surface area (Å²) in [6.45, 7) is 5.22. The van der Waals surface area contributed by atoms with Gasteiger partial charge in [0.1, 0.15) is 0 Å². The highest BCUT2D eigenvalue weighted by Gasteiger charge is 2.04. The summed E-state index contributed by atoms with van der Waals surface area (Å²) in [5.74, 6) is 2.41. The van der Waals surface area contributed by atoms with Crippen molar-refractivity contribution in [3.63, 3.8) is 0 Å². The van der Waals surface area contributed by atoms with Gasteiger partial charge in [-0.05, 0) is 30.0 Å². The van der Waals surface area contributed by atoms with Gasteiger partial charge in [0.15, 0.2) is 0 Å². The molecule has 0 saturated carbocycles. The molecule has 0 atom stereocenters. The minimum absolute atomic E-state index is 0.244. The normalized spacial score (nSPS) is 11.0. The van der Waals surface area contributed by atoms with Gasteiger partial charge in [-0.3, -0.25) is 4.90 Å². The smallest absolute Gasteiger partial charge is 0.0558 e. The Hall–Kier alpha value is -0.510. The molecule has 96 valence electrons. The molecule has 0 radical (unpaired) electrons. The molecule has 0 aliphatic carbocycles. The molecule has 2 nitrogen and oxygen atoms in total. The Kier molecular flexibility index (Phi) is 8.14. The molecule has 0 aromatic heterocycles. The van der Waals surface area contributed by atoms with E-state index in [0.29, 0.717) is 0 Å². The van der Waals surface area contributed by atoms with Crippen molar-refractivity contribution in [3.8, 4) is 0 Å². The molecule has 0 saturated heterocycles. The minimum Gasteiger partial charge on any atom is -0.395 e. The average Bonchev–Trinajstić information content (AvgIpc) is 2.36. The summed E-state index contributed by atoms with van der Waals surface area (Å²) < 4.78 is 0. The summed E-state index contributed by atoms with van der Waals surface area (Å²) in [7, 11) is 0. The zero-order chi connectivity index (χ0) is 12.3. The van der Waals surface area contributed by atoms with E-state index in [2.05, 4.69) is 36.1 Å². The molecule has 3 heteroatoms. The van der Waals surface area contributed by atoms with Crippen LogP contribution in [0.25, 0.3) is 0 Å². The Morgan fingerprint density at radius 2 is 1.94 bits per heavy atom. The van der Waals surface area contributed by atoms with Crippen LogP contribution in [0.15, 0.2) is 30.3 Å².